The van der Waals surface area contributed by atoms with Crippen molar-refractivity contribution < 1.29 is 14.4 Å². The summed E-state index contributed by atoms with van der Waals surface area (Å²) >= 11 is 0. The molecule has 1 saturated carbocycles. The second-order valence-electron chi connectivity index (χ2n) is 6.02. The monoisotopic (exact) mass is 327 g/mol. The van der Waals surface area contributed by atoms with Gasteiger partial charge in [0.15, 0.2) is 11.5 Å². The van der Waals surface area contributed by atoms with Crippen LogP contribution in [0.3, 0.4) is 0 Å². The molecule has 1 aromatic carbocycles. The van der Waals surface area contributed by atoms with Crippen molar-refractivity contribution in [3.63, 3.8) is 0 Å². The number of fused-ring (bicyclic) bond motifs is 1. The van der Waals surface area contributed by atoms with E-state index < -0.39 is 4.92 Å². The Morgan fingerprint density at radius 1 is 1.17 bits per heavy atom. The van der Waals surface area contributed by atoms with Crippen LogP contribution < -0.4 is 14.8 Å². The van der Waals surface area contributed by atoms with Gasteiger partial charge < -0.3 is 14.8 Å². The van der Waals surface area contributed by atoms with Crippen molar-refractivity contribution in [2.75, 3.05) is 18.5 Å². The lowest BCUT2D eigenvalue weighted by Crippen LogP contribution is -2.17. The molecule has 1 atom stereocenters. The van der Waals surface area contributed by atoms with Gasteiger partial charge in [-0.15, -0.1) is 0 Å². The summed E-state index contributed by atoms with van der Waals surface area (Å²) < 4.78 is 11.2. The Bertz CT molecular complexity index is 759. The van der Waals surface area contributed by atoms with Gasteiger partial charge in [0.25, 0.3) is 5.69 Å². The van der Waals surface area contributed by atoms with Crippen LogP contribution in [0.15, 0.2) is 36.5 Å². The second-order valence-corrected chi connectivity index (χ2v) is 6.02. The largest absolute Gasteiger partial charge is 0.486 e. The topological polar surface area (TPSA) is 86.5 Å². The first-order valence-electron chi connectivity index (χ1n) is 7.97. The molecule has 7 nitrogen and oxygen atoms in total. The van der Waals surface area contributed by atoms with Crippen LogP contribution in [0, 0.1) is 16.0 Å². The van der Waals surface area contributed by atoms with Crippen LogP contribution in [0.5, 0.6) is 11.5 Å². The summed E-state index contributed by atoms with van der Waals surface area (Å²) in [7, 11) is 0. The van der Waals surface area contributed by atoms with E-state index in [0.29, 0.717) is 24.9 Å². The van der Waals surface area contributed by atoms with Crippen molar-refractivity contribution in [1.82, 2.24) is 4.98 Å². The van der Waals surface area contributed by atoms with Crippen molar-refractivity contribution in [1.29, 1.82) is 0 Å². The van der Waals surface area contributed by atoms with Crippen molar-refractivity contribution in [3.8, 4) is 11.5 Å². The van der Waals surface area contributed by atoms with Gasteiger partial charge in [-0.3, -0.25) is 10.1 Å². The molecular formula is C17H17N3O4. The van der Waals surface area contributed by atoms with Crippen LogP contribution in [-0.2, 0) is 0 Å². The standard InChI is InChI=1S/C17H17N3O4/c21-20(22)13-4-6-16(18-10-13)19-17(11-1-2-11)12-3-5-14-15(9-12)24-8-7-23-14/h3-6,9-11,17H,1-2,7-8H2,(H,18,19). The van der Waals surface area contributed by atoms with Crippen molar-refractivity contribution in [3.05, 3.63) is 52.2 Å². The summed E-state index contributed by atoms with van der Waals surface area (Å²) in [6.45, 7) is 1.13. The maximum Gasteiger partial charge on any atom is 0.287 e. The first kappa shape index (κ1) is 14.7. The van der Waals surface area contributed by atoms with E-state index in [0.717, 1.165) is 29.9 Å². The highest BCUT2D eigenvalue weighted by Crippen LogP contribution is 2.44. The van der Waals surface area contributed by atoms with Crippen LogP contribution in [0.1, 0.15) is 24.4 Å². The number of aromatic nitrogens is 1. The number of hydrogen-bond acceptors (Lipinski definition) is 6. The molecule has 0 radical (unpaired) electrons. The highest BCUT2D eigenvalue weighted by Gasteiger charge is 2.33. The summed E-state index contributed by atoms with van der Waals surface area (Å²) in [5, 5.41) is 14.1. The van der Waals surface area contributed by atoms with Gasteiger partial charge in [-0.25, -0.2) is 4.98 Å². The highest BCUT2D eigenvalue weighted by molar-refractivity contribution is 5.48. The van der Waals surface area contributed by atoms with Gasteiger partial charge in [0.2, 0.25) is 0 Å². The lowest BCUT2D eigenvalue weighted by molar-refractivity contribution is -0.385. The van der Waals surface area contributed by atoms with E-state index in [1.54, 1.807) is 6.07 Å². The maximum atomic E-state index is 10.7. The van der Waals surface area contributed by atoms with E-state index in [1.807, 2.05) is 18.2 Å². The number of nitrogens with zero attached hydrogens (tertiary/aromatic N) is 2. The molecule has 0 amide bonds. The molecule has 4 rings (SSSR count). The van der Waals surface area contributed by atoms with E-state index in [-0.39, 0.29) is 11.7 Å². The van der Waals surface area contributed by atoms with Gasteiger partial charge in [-0.2, -0.15) is 0 Å². The first-order valence-corrected chi connectivity index (χ1v) is 7.97. The second kappa shape index (κ2) is 5.99. The number of anilines is 1. The SMILES string of the molecule is O=[N+]([O-])c1ccc(NC(c2ccc3c(c2)OCCO3)C2CC2)nc1. The average molecular weight is 327 g/mol. The van der Waals surface area contributed by atoms with Crippen molar-refractivity contribution >= 4 is 11.5 Å². The quantitative estimate of drug-likeness (QED) is 0.669. The minimum Gasteiger partial charge on any atom is -0.486 e. The van der Waals surface area contributed by atoms with E-state index in [4.69, 9.17) is 9.47 Å². The third-order valence-electron chi connectivity index (χ3n) is 4.28. The van der Waals surface area contributed by atoms with E-state index in [2.05, 4.69) is 10.3 Å². The van der Waals surface area contributed by atoms with E-state index in [9.17, 15) is 10.1 Å². The Kier molecular flexibility index (Phi) is 3.68. The zero-order valence-electron chi connectivity index (χ0n) is 13.0. The number of rotatable bonds is 5. The van der Waals surface area contributed by atoms with Gasteiger partial charge in [0.05, 0.1) is 11.0 Å². The molecule has 1 aliphatic heterocycles. The van der Waals surface area contributed by atoms with Crippen molar-refractivity contribution in [2.24, 2.45) is 5.92 Å². The summed E-state index contributed by atoms with van der Waals surface area (Å²) in [4.78, 5) is 14.4. The van der Waals surface area contributed by atoms with E-state index >= 15 is 0 Å². The predicted molar refractivity (Wildman–Crippen MR) is 87.4 cm³/mol. The summed E-state index contributed by atoms with van der Waals surface area (Å²) in [6, 6.07) is 9.19. The Morgan fingerprint density at radius 3 is 2.62 bits per heavy atom. The predicted octanol–water partition coefficient (Wildman–Crippen LogP) is 3.32. The molecule has 24 heavy (non-hydrogen) atoms. The number of ether oxygens (including phenoxy) is 2. The zero-order valence-corrected chi connectivity index (χ0v) is 13.0. The minimum absolute atomic E-state index is 0.0112. The molecule has 0 saturated heterocycles. The molecule has 2 aliphatic rings. The minimum atomic E-state index is -0.448. The molecule has 1 N–H and O–H groups in total. The third-order valence-corrected chi connectivity index (χ3v) is 4.28. The third kappa shape index (κ3) is 2.97. The number of benzene rings is 1. The van der Waals surface area contributed by atoms with Crippen molar-refractivity contribution in [2.45, 2.75) is 18.9 Å². The zero-order chi connectivity index (χ0) is 16.5. The van der Waals surface area contributed by atoms with Gasteiger partial charge in [-0.05, 0) is 42.5 Å². The Labute approximate surface area is 138 Å². The lowest BCUT2D eigenvalue weighted by atomic mass is 10.0. The molecule has 7 heteroatoms. The molecule has 2 heterocycles. The van der Waals surface area contributed by atoms with Gasteiger partial charge >= 0.3 is 0 Å². The summed E-state index contributed by atoms with van der Waals surface area (Å²) in [5.41, 5.74) is 1.10. The van der Waals surface area contributed by atoms with Crippen LogP contribution in [0.4, 0.5) is 11.5 Å². The number of pyridine rings is 1. The molecule has 1 aromatic heterocycles. The molecule has 1 aliphatic carbocycles. The Morgan fingerprint density at radius 2 is 1.96 bits per heavy atom. The molecule has 0 spiro atoms. The van der Waals surface area contributed by atoms with Crippen LogP contribution in [-0.4, -0.2) is 23.1 Å². The molecule has 124 valence electrons. The summed E-state index contributed by atoms with van der Waals surface area (Å²) in [5.74, 6) is 2.70. The van der Waals surface area contributed by atoms with E-state index in [1.165, 1.54) is 12.3 Å². The maximum absolute atomic E-state index is 10.7. The smallest absolute Gasteiger partial charge is 0.287 e. The van der Waals surface area contributed by atoms with Crippen LogP contribution in [0.2, 0.25) is 0 Å². The number of hydrogen-bond donors (Lipinski definition) is 1. The van der Waals surface area contributed by atoms with Crippen LogP contribution in [0.25, 0.3) is 0 Å². The highest BCUT2D eigenvalue weighted by atomic mass is 16.6. The average Bonchev–Trinajstić information content (AvgIpc) is 3.44. The van der Waals surface area contributed by atoms with Gasteiger partial charge in [0.1, 0.15) is 25.2 Å². The lowest BCUT2D eigenvalue weighted by Gasteiger charge is -2.23. The summed E-state index contributed by atoms with van der Waals surface area (Å²) in [6.07, 6.45) is 3.58. The Hall–Kier alpha value is -2.83. The van der Waals surface area contributed by atoms with Crippen LogP contribution >= 0.6 is 0 Å². The fraction of sp³-hybridized carbons (Fsp3) is 0.353. The fourth-order valence-corrected chi connectivity index (χ4v) is 2.90. The number of nitro groups is 1. The molecule has 1 unspecified atom stereocenters. The first-order chi connectivity index (χ1) is 11.7. The Balaban J connectivity index is 1.57. The molecule has 1 fully saturated rings. The number of nitrogens with one attached hydrogen (secondary N) is 1. The molecular weight excluding hydrogens is 310 g/mol. The molecule has 2 aromatic rings. The van der Waals surface area contributed by atoms with Gasteiger partial charge in [-0.1, -0.05) is 6.07 Å². The molecule has 0 bridgehead atoms. The van der Waals surface area contributed by atoms with Gasteiger partial charge in [0, 0.05) is 6.07 Å². The fourth-order valence-electron chi connectivity index (χ4n) is 2.90. The normalized spacial score (nSPS) is 17.2.